The largest absolute Gasteiger partial charge is 0.480 e. The lowest BCUT2D eigenvalue weighted by Gasteiger charge is -2.27. The van der Waals surface area contributed by atoms with Crippen molar-refractivity contribution in [2.24, 2.45) is 11.7 Å². The van der Waals surface area contributed by atoms with Crippen molar-refractivity contribution < 1.29 is 44.1 Å². The molecule has 0 aromatic rings. The maximum absolute atomic E-state index is 12.6. The topological polar surface area (TPSA) is 249 Å². The van der Waals surface area contributed by atoms with E-state index in [4.69, 9.17) is 10.8 Å². The average Bonchev–Trinajstić information content (AvgIpc) is 2.80. The number of nitrogens with one attached hydrogen (secondary N) is 5. The van der Waals surface area contributed by atoms with E-state index in [0.29, 0.717) is 6.42 Å². The Morgan fingerprint density at radius 2 is 1.33 bits per heavy atom. The Hall–Kier alpha value is -3.30. The van der Waals surface area contributed by atoms with Crippen LogP contribution in [0.3, 0.4) is 0 Å². The van der Waals surface area contributed by atoms with Crippen LogP contribution >= 0.6 is 0 Å². The molecule has 0 heterocycles. The third kappa shape index (κ3) is 11.0. The minimum Gasteiger partial charge on any atom is -0.480 e. The molecule has 0 aromatic carbocycles. The normalized spacial score (nSPS) is 16.7. The third-order valence-corrected chi connectivity index (χ3v) is 5.25. The van der Waals surface area contributed by atoms with E-state index >= 15 is 0 Å². The summed E-state index contributed by atoms with van der Waals surface area (Å²) >= 11 is 0. The van der Waals surface area contributed by atoms with E-state index in [1.54, 1.807) is 13.8 Å². The molecule has 15 nitrogen and oxygen atoms in total. The standard InChI is InChI=1S/C21H38N6O9/c1-6-9(2)15(20(35)23-7-14(30)31)26-18(33)11(4)24-19(34)13(8-28)25-21(36)16(12(5)29)27-17(32)10(3)22/h9-13,15-16,28-29H,6-8,22H2,1-5H3,(H,23,35)(H,24,34)(H,25,36)(H,26,33)(H,27,32)(H,30,31)/t9-,10-,11-,12+,13-,15-,16-/m0/s1. The molecule has 36 heavy (non-hydrogen) atoms. The summed E-state index contributed by atoms with van der Waals surface area (Å²) < 4.78 is 0. The number of carboxylic acid groups (broad SMARTS) is 1. The van der Waals surface area contributed by atoms with Gasteiger partial charge in [0.05, 0.1) is 18.8 Å². The number of aliphatic hydroxyl groups excluding tert-OH is 2. The summed E-state index contributed by atoms with van der Waals surface area (Å²) in [5.74, 6) is -5.76. The van der Waals surface area contributed by atoms with E-state index < -0.39 is 85.0 Å². The summed E-state index contributed by atoms with van der Waals surface area (Å²) in [4.78, 5) is 72.5. The minimum atomic E-state index is -1.54. The van der Waals surface area contributed by atoms with Crippen molar-refractivity contribution in [2.45, 2.75) is 77.4 Å². The summed E-state index contributed by atoms with van der Waals surface area (Å²) in [7, 11) is 0. The lowest BCUT2D eigenvalue weighted by Crippen LogP contribution is -2.61. The fraction of sp³-hybridized carbons (Fsp3) is 0.714. The number of aliphatic carboxylic acids is 1. The van der Waals surface area contributed by atoms with Crippen LogP contribution in [0.25, 0.3) is 0 Å². The molecular weight excluding hydrogens is 480 g/mol. The highest BCUT2D eigenvalue weighted by molar-refractivity contribution is 5.96. The van der Waals surface area contributed by atoms with Gasteiger partial charge in [-0.1, -0.05) is 20.3 Å². The molecule has 0 aliphatic rings. The molecule has 0 aliphatic heterocycles. The first-order valence-corrected chi connectivity index (χ1v) is 11.4. The maximum Gasteiger partial charge on any atom is 0.322 e. The molecule has 206 valence electrons. The van der Waals surface area contributed by atoms with Gasteiger partial charge in [0, 0.05) is 0 Å². The second kappa shape index (κ2) is 15.6. The van der Waals surface area contributed by atoms with Crippen molar-refractivity contribution in [3.63, 3.8) is 0 Å². The molecule has 0 saturated heterocycles. The van der Waals surface area contributed by atoms with Gasteiger partial charge in [-0.2, -0.15) is 0 Å². The Labute approximate surface area is 208 Å². The van der Waals surface area contributed by atoms with Crippen LogP contribution in [-0.4, -0.2) is 100 Å². The van der Waals surface area contributed by atoms with Crippen molar-refractivity contribution in [2.75, 3.05) is 13.2 Å². The van der Waals surface area contributed by atoms with E-state index in [1.165, 1.54) is 20.8 Å². The molecule has 0 bridgehead atoms. The van der Waals surface area contributed by atoms with Crippen LogP contribution in [0.1, 0.15) is 41.0 Å². The number of carboxylic acids is 1. The number of hydrogen-bond donors (Lipinski definition) is 9. The molecule has 0 unspecified atom stereocenters. The van der Waals surface area contributed by atoms with Crippen LogP contribution in [0.4, 0.5) is 0 Å². The first-order valence-electron chi connectivity index (χ1n) is 11.4. The van der Waals surface area contributed by atoms with Crippen molar-refractivity contribution in [1.29, 1.82) is 0 Å². The molecule has 0 saturated carbocycles. The molecule has 15 heteroatoms. The summed E-state index contributed by atoms with van der Waals surface area (Å²) in [6.07, 6.45) is -0.876. The van der Waals surface area contributed by atoms with Gasteiger partial charge in [-0.3, -0.25) is 28.8 Å². The number of hydrogen-bond acceptors (Lipinski definition) is 9. The van der Waals surface area contributed by atoms with Crippen LogP contribution in [0.2, 0.25) is 0 Å². The number of aliphatic hydroxyl groups is 2. The average molecular weight is 519 g/mol. The van der Waals surface area contributed by atoms with Gasteiger partial charge in [-0.25, -0.2) is 0 Å². The molecular formula is C21H38N6O9. The molecule has 0 spiro atoms. The summed E-state index contributed by atoms with van der Waals surface area (Å²) in [6.45, 7) is 5.83. The van der Waals surface area contributed by atoms with Crippen molar-refractivity contribution in [1.82, 2.24) is 26.6 Å². The molecule has 10 N–H and O–H groups in total. The fourth-order valence-corrected chi connectivity index (χ4v) is 2.78. The Bertz CT molecular complexity index is 805. The monoisotopic (exact) mass is 518 g/mol. The quantitative estimate of drug-likeness (QED) is 0.101. The zero-order valence-corrected chi connectivity index (χ0v) is 21.0. The van der Waals surface area contributed by atoms with Gasteiger partial charge in [0.15, 0.2) is 0 Å². The molecule has 0 aromatic heterocycles. The number of carbonyl (C=O) groups excluding carboxylic acids is 5. The van der Waals surface area contributed by atoms with Crippen LogP contribution in [0.15, 0.2) is 0 Å². The molecule has 0 fully saturated rings. The second-order valence-corrected chi connectivity index (χ2v) is 8.47. The number of nitrogens with two attached hydrogens (primary N) is 1. The predicted octanol–water partition coefficient (Wildman–Crippen LogP) is -4.09. The highest BCUT2D eigenvalue weighted by Crippen LogP contribution is 2.08. The molecule has 5 amide bonds. The van der Waals surface area contributed by atoms with E-state index in [9.17, 15) is 39.0 Å². The van der Waals surface area contributed by atoms with E-state index in [0.717, 1.165) is 0 Å². The summed E-state index contributed by atoms with van der Waals surface area (Å²) in [6, 6.07) is -6.26. The van der Waals surface area contributed by atoms with E-state index in [1.807, 2.05) is 0 Å². The van der Waals surface area contributed by atoms with Crippen molar-refractivity contribution >= 4 is 35.5 Å². The van der Waals surface area contributed by atoms with Crippen LogP contribution < -0.4 is 32.3 Å². The van der Waals surface area contributed by atoms with Crippen LogP contribution in [0, 0.1) is 5.92 Å². The predicted molar refractivity (Wildman–Crippen MR) is 126 cm³/mol. The van der Waals surface area contributed by atoms with Gasteiger partial charge in [0.2, 0.25) is 29.5 Å². The van der Waals surface area contributed by atoms with Gasteiger partial charge in [0.25, 0.3) is 0 Å². The third-order valence-electron chi connectivity index (χ3n) is 5.25. The van der Waals surface area contributed by atoms with E-state index in [2.05, 4.69) is 26.6 Å². The van der Waals surface area contributed by atoms with Crippen LogP contribution in [0.5, 0.6) is 0 Å². The second-order valence-electron chi connectivity index (χ2n) is 8.47. The molecule has 7 atom stereocenters. The molecule has 0 aliphatic carbocycles. The van der Waals surface area contributed by atoms with Gasteiger partial charge >= 0.3 is 5.97 Å². The van der Waals surface area contributed by atoms with Crippen molar-refractivity contribution in [3.05, 3.63) is 0 Å². The summed E-state index contributed by atoms with van der Waals surface area (Å²) in [5, 5.41) is 39.5. The van der Waals surface area contributed by atoms with Crippen molar-refractivity contribution in [3.8, 4) is 0 Å². The highest BCUT2D eigenvalue weighted by atomic mass is 16.4. The Balaban J connectivity index is 5.25. The Kier molecular flexibility index (Phi) is 14.2. The lowest BCUT2D eigenvalue weighted by molar-refractivity contribution is -0.139. The van der Waals surface area contributed by atoms with Gasteiger partial charge in [-0.05, 0) is 26.7 Å². The first kappa shape index (κ1) is 32.7. The van der Waals surface area contributed by atoms with Gasteiger partial charge < -0.3 is 47.6 Å². The fourth-order valence-electron chi connectivity index (χ4n) is 2.78. The van der Waals surface area contributed by atoms with Gasteiger partial charge in [0.1, 0.15) is 30.7 Å². The lowest BCUT2D eigenvalue weighted by atomic mass is 9.98. The zero-order chi connectivity index (χ0) is 28.2. The Morgan fingerprint density at radius 3 is 1.78 bits per heavy atom. The molecule has 0 rings (SSSR count). The minimum absolute atomic E-state index is 0.362. The Morgan fingerprint density at radius 1 is 0.778 bits per heavy atom. The maximum atomic E-state index is 12.6. The zero-order valence-electron chi connectivity index (χ0n) is 21.0. The highest BCUT2D eigenvalue weighted by Gasteiger charge is 2.32. The van der Waals surface area contributed by atoms with E-state index in [-0.39, 0.29) is 5.92 Å². The first-order chi connectivity index (χ1) is 16.7. The number of carbonyl (C=O) groups is 6. The van der Waals surface area contributed by atoms with Gasteiger partial charge in [-0.15, -0.1) is 0 Å². The smallest absolute Gasteiger partial charge is 0.322 e. The number of rotatable bonds is 15. The summed E-state index contributed by atoms with van der Waals surface area (Å²) in [5.41, 5.74) is 5.44. The van der Waals surface area contributed by atoms with Crippen LogP contribution in [-0.2, 0) is 28.8 Å². The number of amides is 5. The molecule has 0 radical (unpaired) electrons. The SMILES string of the molecule is CC[C@H](C)[C@H](NC(=O)[C@H](C)NC(=O)[C@H](CO)NC(=O)[C@@H](NC(=O)[C@H](C)N)[C@@H](C)O)C(=O)NCC(=O)O.